The number of aliphatic hydroxyl groups is 3. The molecule has 1 aromatic carbocycles. The number of hydrogen-bond acceptors (Lipinski definition) is 7. The SMILES string of the molecule is C[C@]1(CO)O[C@@H](Oc2ccc3ccc(=O)oc3c2)[C@H](O)[C@H]1O. The number of aliphatic hydroxyl groups excluding tert-OH is 3. The van der Waals surface area contributed by atoms with Gasteiger partial charge in [0.15, 0.2) is 0 Å². The van der Waals surface area contributed by atoms with E-state index < -0.39 is 36.3 Å². The highest BCUT2D eigenvalue weighted by atomic mass is 16.7. The molecule has 0 amide bonds. The maximum Gasteiger partial charge on any atom is 0.336 e. The molecule has 2 heterocycles. The predicted molar refractivity (Wildman–Crippen MR) is 75.5 cm³/mol. The van der Waals surface area contributed by atoms with Gasteiger partial charge in [0.2, 0.25) is 6.29 Å². The summed E-state index contributed by atoms with van der Waals surface area (Å²) in [6, 6.07) is 7.75. The molecule has 1 aliphatic rings. The molecule has 1 saturated heterocycles. The highest BCUT2D eigenvalue weighted by Crippen LogP contribution is 2.32. The summed E-state index contributed by atoms with van der Waals surface area (Å²) in [5.74, 6) is 0.306. The number of hydrogen-bond donors (Lipinski definition) is 3. The summed E-state index contributed by atoms with van der Waals surface area (Å²) < 4.78 is 15.9. The van der Waals surface area contributed by atoms with Gasteiger partial charge in [0.05, 0.1) is 6.61 Å². The van der Waals surface area contributed by atoms with Crippen LogP contribution in [0.2, 0.25) is 0 Å². The second-order valence-electron chi connectivity index (χ2n) is 5.46. The first-order valence-corrected chi connectivity index (χ1v) is 6.78. The molecular formula is C15H16O7. The largest absolute Gasteiger partial charge is 0.462 e. The van der Waals surface area contributed by atoms with Crippen LogP contribution >= 0.6 is 0 Å². The van der Waals surface area contributed by atoms with Gasteiger partial charge in [0, 0.05) is 17.5 Å². The van der Waals surface area contributed by atoms with E-state index in [-0.39, 0.29) is 0 Å². The van der Waals surface area contributed by atoms with Gasteiger partial charge in [0.25, 0.3) is 0 Å². The van der Waals surface area contributed by atoms with E-state index in [2.05, 4.69) is 0 Å². The van der Waals surface area contributed by atoms with Gasteiger partial charge in [-0.25, -0.2) is 4.79 Å². The Morgan fingerprint density at radius 1 is 1.27 bits per heavy atom. The van der Waals surface area contributed by atoms with Crippen LogP contribution in [0, 0.1) is 0 Å². The second-order valence-corrected chi connectivity index (χ2v) is 5.46. The van der Waals surface area contributed by atoms with Gasteiger partial charge < -0.3 is 29.2 Å². The summed E-state index contributed by atoms with van der Waals surface area (Å²) in [4.78, 5) is 11.2. The molecule has 0 unspecified atom stereocenters. The Morgan fingerprint density at radius 2 is 2.00 bits per heavy atom. The van der Waals surface area contributed by atoms with E-state index in [4.69, 9.17) is 13.9 Å². The van der Waals surface area contributed by atoms with Crippen LogP contribution in [0.4, 0.5) is 0 Å². The Kier molecular flexibility index (Phi) is 3.65. The van der Waals surface area contributed by atoms with Gasteiger partial charge in [-0.3, -0.25) is 0 Å². The molecule has 1 aliphatic heterocycles. The highest BCUT2D eigenvalue weighted by molar-refractivity contribution is 5.77. The van der Waals surface area contributed by atoms with Crippen molar-refractivity contribution in [2.75, 3.05) is 6.61 Å². The summed E-state index contributed by atoms with van der Waals surface area (Å²) in [5.41, 5.74) is -1.44. The van der Waals surface area contributed by atoms with Crippen molar-refractivity contribution < 1.29 is 29.2 Å². The molecule has 2 aromatic rings. The van der Waals surface area contributed by atoms with E-state index in [1.54, 1.807) is 18.2 Å². The van der Waals surface area contributed by atoms with E-state index in [1.165, 1.54) is 19.1 Å². The average molecular weight is 308 g/mol. The Balaban J connectivity index is 1.86. The summed E-state index contributed by atoms with van der Waals surface area (Å²) in [6.45, 7) is 1.02. The minimum Gasteiger partial charge on any atom is -0.462 e. The lowest BCUT2D eigenvalue weighted by molar-refractivity contribution is -0.154. The maximum absolute atomic E-state index is 11.2. The van der Waals surface area contributed by atoms with Crippen molar-refractivity contribution in [3.05, 3.63) is 40.8 Å². The molecule has 3 rings (SSSR count). The third kappa shape index (κ3) is 2.48. The Morgan fingerprint density at radius 3 is 2.68 bits per heavy atom. The van der Waals surface area contributed by atoms with Gasteiger partial charge in [-0.2, -0.15) is 0 Å². The first-order chi connectivity index (χ1) is 10.4. The Labute approximate surface area is 125 Å². The second kappa shape index (κ2) is 5.36. The van der Waals surface area contributed by atoms with Crippen molar-refractivity contribution in [1.82, 2.24) is 0 Å². The van der Waals surface area contributed by atoms with E-state index in [0.29, 0.717) is 11.3 Å². The molecule has 1 fully saturated rings. The number of fused-ring (bicyclic) bond motifs is 1. The van der Waals surface area contributed by atoms with Crippen LogP contribution in [0.1, 0.15) is 6.92 Å². The Bertz CT molecular complexity index is 740. The molecule has 118 valence electrons. The summed E-state index contributed by atoms with van der Waals surface area (Å²) >= 11 is 0. The zero-order valence-electron chi connectivity index (χ0n) is 11.8. The van der Waals surface area contributed by atoms with Crippen molar-refractivity contribution in [3.8, 4) is 5.75 Å². The molecule has 4 atom stereocenters. The lowest BCUT2D eigenvalue weighted by Gasteiger charge is -2.24. The molecular weight excluding hydrogens is 292 g/mol. The normalized spacial score (nSPS) is 31.5. The summed E-state index contributed by atoms with van der Waals surface area (Å²) in [5, 5.41) is 29.8. The maximum atomic E-state index is 11.2. The molecule has 3 N–H and O–H groups in total. The number of ether oxygens (including phenoxy) is 2. The first-order valence-electron chi connectivity index (χ1n) is 6.78. The van der Waals surface area contributed by atoms with Crippen LogP contribution in [0.3, 0.4) is 0 Å². The fourth-order valence-electron chi connectivity index (χ4n) is 2.39. The minimum absolute atomic E-state index is 0.306. The van der Waals surface area contributed by atoms with Crippen molar-refractivity contribution in [2.45, 2.75) is 31.0 Å². The zero-order chi connectivity index (χ0) is 15.9. The van der Waals surface area contributed by atoms with Crippen LogP contribution in [-0.2, 0) is 4.74 Å². The van der Waals surface area contributed by atoms with Crippen molar-refractivity contribution in [1.29, 1.82) is 0 Å². The predicted octanol–water partition coefficient (Wildman–Crippen LogP) is 0.000900. The van der Waals surface area contributed by atoms with Crippen molar-refractivity contribution in [3.63, 3.8) is 0 Å². The molecule has 7 heteroatoms. The third-order valence-corrected chi connectivity index (χ3v) is 3.77. The van der Waals surface area contributed by atoms with E-state index >= 15 is 0 Å². The van der Waals surface area contributed by atoms with Gasteiger partial charge in [-0.05, 0) is 25.1 Å². The van der Waals surface area contributed by atoms with Gasteiger partial charge in [0.1, 0.15) is 29.1 Å². The van der Waals surface area contributed by atoms with Crippen molar-refractivity contribution >= 4 is 11.0 Å². The lowest BCUT2D eigenvalue weighted by Crippen LogP contribution is -2.43. The van der Waals surface area contributed by atoms with Crippen molar-refractivity contribution in [2.24, 2.45) is 0 Å². The van der Waals surface area contributed by atoms with Crippen LogP contribution in [-0.4, -0.2) is 46.0 Å². The van der Waals surface area contributed by atoms with E-state index in [0.717, 1.165) is 5.39 Å². The van der Waals surface area contributed by atoms with Gasteiger partial charge >= 0.3 is 5.63 Å². The van der Waals surface area contributed by atoms with Crippen LogP contribution in [0.5, 0.6) is 5.75 Å². The molecule has 0 bridgehead atoms. The van der Waals surface area contributed by atoms with E-state index in [1.807, 2.05) is 0 Å². The van der Waals surface area contributed by atoms with Gasteiger partial charge in [-0.15, -0.1) is 0 Å². The molecule has 7 nitrogen and oxygen atoms in total. The molecule has 1 aromatic heterocycles. The summed E-state index contributed by atoms with van der Waals surface area (Å²) in [6.07, 6.45) is -3.73. The standard InChI is InChI=1S/C15H16O7/c1-15(7-16)13(19)12(18)14(22-15)20-9-4-2-8-3-5-11(17)21-10(8)6-9/h2-6,12-14,16,18-19H,7H2,1H3/t12-,13-,14-,15-/m1/s1. The zero-order valence-corrected chi connectivity index (χ0v) is 11.8. The molecule has 0 saturated carbocycles. The average Bonchev–Trinajstić information content (AvgIpc) is 2.72. The monoisotopic (exact) mass is 308 g/mol. The first kappa shape index (κ1) is 15.0. The molecule has 0 spiro atoms. The smallest absolute Gasteiger partial charge is 0.336 e. The quantitative estimate of drug-likeness (QED) is 0.685. The fraction of sp³-hybridized carbons (Fsp3) is 0.400. The van der Waals surface area contributed by atoms with Gasteiger partial charge in [-0.1, -0.05) is 0 Å². The molecule has 0 radical (unpaired) electrons. The topological polar surface area (TPSA) is 109 Å². The molecule has 0 aliphatic carbocycles. The minimum atomic E-state index is -1.31. The fourth-order valence-corrected chi connectivity index (χ4v) is 2.39. The number of benzene rings is 1. The highest BCUT2D eigenvalue weighted by Gasteiger charge is 2.52. The van der Waals surface area contributed by atoms with Crippen LogP contribution in [0.25, 0.3) is 11.0 Å². The van der Waals surface area contributed by atoms with Crippen LogP contribution < -0.4 is 10.4 Å². The lowest BCUT2D eigenvalue weighted by atomic mass is 9.99. The van der Waals surface area contributed by atoms with Crippen LogP contribution in [0.15, 0.2) is 39.5 Å². The summed E-state index contributed by atoms with van der Waals surface area (Å²) in [7, 11) is 0. The molecule has 22 heavy (non-hydrogen) atoms. The third-order valence-electron chi connectivity index (χ3n) is 3.77. The van der Waals surface area contributed by atoms with E-state index in [9.17, 15) is 20.1 Å². The number of rotatable bonds is 3. The Hall–Kier alpha value is -1.93.